The van der Waals surface area contributed by atoms with E-state index in [0.717, 1.165) is 15.5 Å². The van der Waals surface area contributed by atoms with Crippen LogP contribution in [0.15, 0.2) is 76.1 Å². The smallest absolute Gasteiger partial charge is 0.291 e. The molecule has 24 heavy (non-hydrogen) atoms. The van der Waals surface area contributed by atoms with Crippen molar-refractivity contribution in [2.75, 3.05) is 5.32 Å². The number of anilines is 1. The molecule has 1 amide bonds. The number of nitrogens with one attached hydrogen (secondary N) is 1. The molecule has 6 heteroatoms. The van der Waals surface area contributed by atoms with Crippen LogP contribution in [0.4, 0.5) is 5.69 Å². The molecule has 0 unspecified atom stereocenters. The van der Waals surface area contributed by atoms with E-state index >= 15 is 0 Å². The first-order valence-electron chi connectivity index (χ1n) is 7.28. The number of rotatable bonds is 3. The summed E-state index contributed by atoms with van der Waals surface area (Å²) in [6.45, 7) is 0. The maximum atomic E-state index is 12.4. The standard InChI is InChI=1S/C18H12BrN3O2/c19-15-3-1-2-12-10-16(24-17(12)15)18(23)21-13-4-6-14(7-5-13)22-9-8-20-11-22/h1-11H,(H,21,23). The fraction of sp³-hybridized carbons (Fsp3) is 0. The van der Waals surface area contributed by atoms with Crippen molar-refractivity contribution in [1.82, 2.24) is 9.55 Å². The predicted octanol–water partition coefficient (Wildman–Crippen LogP) is 4.63. The molecule has 2 aromatic carbocycles. The molecular weight excluding hydrogens is 370 g/mol. The van der Waals surface area contributed by atoms with Crippen molar-refractivity contribution in [1.29, 1.82) is 0 Å². The first-order valence-corrected chi connectivity index (χ1v) is 8.08. The van der Waals surface area contributed by atoms with E-state index in [-0.39, 0.29) is 11.7 Å². The minimum Gasteiger partial charge on any atom is -0.450 e. The molecule has 0 aliphatic heterocycles. The Labute approximate surface area is 146 Å². The highest BCUT2D eigenvalue weighted by atomic mass is 79.9. The van der Waals surface area contributed by atoms with Crippen molar-refractivity contribution >= 4 is 38.5 Å². The molecule has 0 bridgehead atoms. The second kappa shape index (κ2) is 5.98. The molecule has 0 atom stereocenters. The van der Waals surface area contributed by atoms with Gasteiger partial charge in [-0.2, -0.15) is 0 Å². The lowest BCUT2D eigenvalue weighted by Gasteiger charge is -2.05. The summed E-state index contributed by atoms with van der Waals surface area (Å²) in [5.74, 6) is -0.0101. The van der Waals surface area contributed by atoms with Gasteiger partial charge in [-0.1, -0.05) is 12.1 Å². The van der Waals surface area contributed by atoms with Crippen LogP contribution in [0.1, 0.15) is 10.6 Å². The minimum atomic E-state index is -0.284. The van der Waals surface area contributed by atoms with E-state index in [1.165, 1.54) is 0 Å². The van der Waals surface area contributed by atoms with E-state index in [9.17, 15) is 4.79 Å². The summed E-state index contributed by atoms with van der Waals surface area (Å²) < 4.78 is 8.36. The first kappa shape index (κ1) is 14.7. The molecule has 1 N–H and O–H groups in total. The number of carbonyl (C=O) groups excluding carboxylic acids is 1. The zero-order chi connectivity index (χ0) is 16.5. The number of fused-ring (bicyclic) bond motifs is 1. The lowest BCUT2D eigenvalue weighted by atomic mass is 10.2. The van der Waals surface area contributed by atoms with Crippen LogP contribution in [0.3, 0.4) is 0 Å². The summed E-state index contributed by atoms with van der Waals surface area (Å²) in [5, 5.41) is 3.72. The van der Waals surface area contributed by atoms with Crippen molar-refractivity contribution in [3.8, 4) is 5.69 Å². The largest absolute Gasteiger partial charge is 0.450 e. The Balaban J connectivity index is 1.55. The summed E-state index contributed by atoms with van der Waals surface area (Å²) in [7, 11) is 0. The van der Waals surface area contributed by atoms with Gasteiger partial charge in [0.05, 0.1) is 10.8 Å². The maximum Gasteiger partial charge on any atom is 0.291 e. The number of imidazole rings is 1. The molecule has 0 spiro atoms. The van der Waals surface area contributed by atoms with Crippen LogP contribution in [-0.2, 0) is 0 Å². The Morgan fingerprint density at radius 2 is 2.00 bits per heavy atom. The zero-order valence-corrected chi connectivity index (χ0v) is 14.0. The van der Waals surface area contributed by atoms with Gasteiger partial charge in [0.2, 0.25) is 0 Å². The molecule has 2 heterocycles. The third-order valence-electron chi connectivity index (χ3n) is 3.65. The molecular formula is C18H12BrN3O2. The van der Waals surface area contributed by atoms with Gasteiger partial charge in [-0.05, 0) is 52.3 Å². The van der Waals surface area contributed by atoms with Gasteiger partial charge in [0.15, 0.2) is 5.76 Å². The highest BCUT2D eigenvalue weighted by molar-refractivity contribution is 9.10. The summed E-state index contributed by atoms with van der Waals surface area (Å²) in [4.78, 5) is 16.4. The van der Waals surface area contributed by atoms with Crippen LogP contribution < -0.4 is 5.32 Å². The Hall–Kier alpha value is -2.86. The number of carbonyl (C=O) groups is 1. The van der Waals surface area contributed by atoms with Gasteiger partial charge in [-0.3, -0.25) is 4.79 Å². The lowest BCUT2D eigenvalue weighted by molar-refractivity contribution is 0.0998. The van der Waals surface area contributed by atoms with Gasteiger partial charge in [0.25, 0.3) is 5.91 Å². The molecule has 4 aromatic rings. The van der Waals surface area contributed by atoms with Gasteiger partial charge in [-0.15, -0.1) is 0 Å². The highest BCUT2D eigenvalue weighted by Crippen LogP contribution is 2.27. The van der Waals surface area contributed by atoms with Gasteiger partial charge in [-0.25, -0.2) is 4.98 Å². The van der Waals surface area contributed by atoms with Gasteiger partial charge in [0, 0.05) is 29.2 Å². The Bertz CT molecular complexity index is 1000. The normalized spacial score (nSPS) is 10.9. The maximum absolute atomic E-state index is 12.4. The van der Waals surface area contributed by atoms with Crippen LogP contribution in [0.25, 0.3) is 16.7 Å². The van der Waals surface area contributed by atoms with E-state index in [1.807, 2.05) is 53.2 Å². The number of benzene rings is 2. The van der Waals surface area contributed by atoms with E-state index in [2.05, 4.69) is 26.2 Å². The fourth-order valence-corrected chi connectivity index (χ4v) is 2.92. The number of nitrogens with zero attached hydrogens (tertiary/aromatic N) is 2. The molecule has 2 aromatic heterocycles. The summed E-state index contributed by atoms with van der Waals surface area (Å²) in [6.07, 6.45) is 5.30. The quantitative estimate of drug-likeness (QED) is 0.562. The van der Waals surface area contributed by atoms with Crippen LogP contribution in [0.2, 0.25) is 0 Å². The molecule has 0 saturated carbocycles. The summed E-state index contributed by atoms with van der Waals surface area (Å²) in [5.41, 5.74) is 2.33. The second-order valence-electron chi connectivity index (χ2n) is 5.24. The molecule has 0 radical (unpaired) electrons. The third kappa shape index (κ3) is 2.72. The third-order valence-corrected chi connectivity index (χ3v) is 4.27. The molecule has 118 valence electrons. The number of amides is 1. The van der Waals surface area contributed by atoms with Crippen LogP contribution in [0.5, 0.6) is 0 Å². The molecule has 5 nitrogen and oxygen atoms in total. The van der Waals surface area contributed by atoms with Crippen molar-refractivity contribution in [3.63, 3.8) is 0 Å². The molecule has 0 fully saturated rings. The van der Waals surface area contributed by atoms with E-state index in [4.69, 9.17) is 4.42 Å². The molecule has 0 aliphatic carbocycles. The number of halogens is 1. The van der Waals surface area contributed by atoms with E-state index in [1.54, 1.807) is 18.6 Å². The fourth-order valence-electron chi connectivity index (χ4n) is 2.46. The monoisotopic (exact) mass is 381 g/mol. The SMILES string of the molecule is O=C(Nc1ccc(-n2ccnc2)cc1)c1cc2cccc(Br)c2o1. The van der Waals surface area contributed by atoms with Crippen molar-refractivity contribution < 1.29 is 9.21 Å². The van der Waals surface area contributed by atoms with Crippen LogP contribution in [0, 0.1) is 0 Å². The van der Waals surface area contributed by atoms with Crippen LogP contribution >= 0.6 is 15.9 Å². The van der Waals surface area contributed by atoms with Crippen molar-refractivity contribution in [2.24, 2.45) is 0 Å². The second-order valence-corrected chi connectivity index (χ2v) is 6.09. The highest BCUT2D eigenvalue weighted by Gasteiger charge is 2.14. The lowest BCUT2D eigenvalue weighted by Crippen LogP contribution is -2.10. The Kier molecular flexibility index (Phi) is 3.66. The topological polar surface area (TPSA) is 60.1 Å². The number of furan rings is 1. The first-order chi connectivity index (χ1) is 11.7. The van der Waals surface area contributed by atoms with E-state index < -0.39 is 0 Å². The van der Waals surface area contributed by atoms with E-state index in [0.29, 0.717) is 11.3 Å². The predicted molar refractivity (Wildman–Crippen MR) is 95.4 cm³/mol. The van der Waals surface area contributed by atoms with Crippen molar-refractivity contribution in [2.45, 2.75) is 0 Å². The van der Waals surface area contributed by atoms with Gasteiger partial charge >= 0.3 is 0 Å². The van der Waals surface area contributed by atoms with Crippen LogP contribution in [-0.4, -0.2) is 15.5 Å². The molecule has 4 rings (SSSR count). The number of para-hydroxylation sites is 1. The molecule has 0 aliphatic rings. The summed E-state index contributed by atoms with van der Waals surface area (Å²) >= 11 is 3.42. The average molecular weight is 382 g/mol. The Morgan fingerprint density at radius 1 is 1.17 bits per heavy atom. The van der Waals surface area contributed by atoms with Gasteiger partial charge < -0.3 is 14.3 Å². The minimum absolute atomic E-state index is 0.274. The van der Waals surface area contributed by atoms with Gasteiger partial charge in [0.1, 0.15) is 5.58 Å². The number of hydrogen-bond acceptors (Lipinski definition) is 3. The average Bonchev–Trinajstić information content (AvgIpc) is 3.26. The molecule has 0 saturated heterocycles. The summed E-state index contributed by atoms with van der Waals surface area (Å²) in [6, 6.07) is 14.9. The number of aromatic nitrogens is 2. The number of hydrogen-bond donors (Lipinski definition) is 1. The zero-order valence-electron chi connectivity index (χ0n) is 12.4. The van der Waals surface area contributed by atoms with Crippen molar-refractivity contribution in [3.05, 3.63) is 77.5 Å². The Morgan fingerprint density at radius 3 is 2.71 bits per heavy atom.